The summed E-state index contributed by atoms with van der Waals surface area (Å²) >= 11 is 0. The van der Waals surface area contributed by atoms with E-state index in [9.17, 15) is 5.11 Å². The summed E-state index contributed by atoms with van der Waals surface area (Å²) in [5, 5.41) is 13.9. The molecular weight excluding hydrogens is 382 g/mol. The molecule has 4 rings (SSSR count). The number of rotatable bonds is 9. The molecule has 2 unspecified atom stereocenters. The predicted molar refractivity (Wildman–Crippen MR) is 127 cm³/mol. The van der Waals surface area contributed by atoms with Gasteiger partial charge in [0, 0.05) is 12.5 Å². The first-order chi connectivity index (χ1) is 15.2. The second-order valence-corrected chi connectivity index (χ2v) is 8.50. The van der Waals surface area contributed by atoms with Gasteiger partial charge in [-0.05, 0) is 73.5 Å². The largest absolute Gasteiger partial charge is 0.488 e. The first-order valence-electron chi connectivity index (χ1n) is 11.5. The number of para-hydroxylation sites is 1. The summed E-state index contributed by atoms with van der Waals surface area (Å²) in [7, 11) is 0. The van der Waals surface area contributed by atoms with Crippen molar-refractivity contribution in [3.63, 3.8) is 0 Å². The Morgan fingerprint density at radius 1 is 0.871 bits per heavy atom. The lowest BCUT2D eigenvalue weighted by molar-refractivity contribution is 0.0477. The number of nitrogens with one attached hydrogen (secondary N) is 1. The molecule has 1 aliphatic carbocycles. The van der Waals surface area contributed by atoms with E-state index in [1.165, 1.54) is 22.3 Å². The zero-order valence-corrected chi connectivity index (χ0v) is 18.3. The molecule has 0 bridgehead atoms. The number of fused-ring (bicyclic) bond motifs is 2. The van der Waals surface area contributed by atoms with Crippen LogP contribution in [-0.2, 0) is 12.8 Å². The van der Waals surface area contributed by atoms with Crippen LogP contribution in [0.25, 0.3) is 0 Å². The topological polar surface area (TPSA) is 41.5 Å². The predicted octanol–water partition coefficient (Wildman–Crippen LogP) is 5.12. The molecule has 0 aromatic heterocycles. The fourth-order valence-corrected chi connectivity index (χ4v) is 4.59. The van der Waals surface area contributed by atoms with E-state index in [1.54, 1.807) is 0 Å². The van der Waals surface area contributed by atoms with Crippen molar-refractivity contribution in [3.05, 3.63) is 101 Å². The van der Waals surface area contributed by atoms with Crippen LogP contribution in [-0.4, -0.2) is 30.4 Å². The highest BCUT2D eigenvalue weighted by molar-refractivity contribution is 5.44. The summed E-state index contributed by atoms with van der Waals surface area (Å²) < 4.78 is 5.83. The Morgan fingerprint density at radius 3 is 2.10 bits per heavy atom. The molecule has 1 aliphatic rings. The first kappa shape index (κ1) is 21.6. The minimum atomic E-state index is -0.542. The second-order valence-electron chi connectivity index (χ2n) is 8.50. The minimum Gasteiger partial charge on any atom is -0.488 e. The molecule has 2 N–H and O–H groups in total. The van der Waals surface area contributed by atoms with E-state index >= 15 is 0 Å². The van der Waals surface area contributed by atoms with Gasteiger partial charge in [0.25, 0.3) is 0 Å². The number of aryl methyl sites for hydroxylation is 2. The number of aliphatic hydroxyl groups is 1. The molecule has 0 radical (unpaired) electrons. The van der Waals surface area contributed by atoms with Crippen molar-refractivity contribution < 1.29 is 9.84 Å². The molecule has 162 valence electrons. The van der Waals surface area contributed by atoms with Gasteiger partial charge in [0.1, 0.15) is 18.0 Å². The van der Waals surface area contributed by atoms with Crippen molar-refractivity contribution in [2.24, 2.45) is 0 Å². The molecule has 31 heavy (non-hydrogen) atoms. The highest BCUT2D eigenvalue weighted by Gasteiger charge is 2.23. The summed E-state index contributed by atoms with van der Waals surface area (Å²) in [6.45, 7) is 3.33. The third-order valence-electron chi connectivity index (χ3n) is 6.33. The van der Waals surface area contributed by atoms with Crippen molar-refractivity contribution in [2.75, 3.05) is 13.1 Å². The molecule has 0 spiro atoms. The van der Waals surface area contributed by atoms with Crippen molar-refractivity contribution in [2.45, 2.75) is 50.7 Å². The highest BCUT2D eigenvalue weighted by atomic mass is 16.5. The molecular formula is C28H33NO2. The molecule has 3 heteroatoms. The van der Waals surface area contributed by atoms with Gasteiger partial charge in [-0.2, -0.15) is 0 Å². The van der Waals surface area contributed by atoms with E-state index in [2.05, 4.69) is 53.8 Å². The molecule has 0 saturated heterocycles. The first-order valence-corrected chi connectivity index (χ1v) is 11.5. The number of benzene rings is 3. The van der Waals surface area contributed by atoms with Gasteiger partial charge in [0.05, 0.1) is 0 Å². The summed E-state index contributed by atoms with van der Waals surface area (Å²) in [6.07, 6.45) is 3.61. The fraction of sp³-hybridized carbons (Fsp3) is 0.357. The Hall–Kier alpha value is -2.62. The third kappa shape index (κ3) is 5.55. The Labute approximate surface area is 186 Å². The fourth-order valence-electron chi connectivity index (χ4n) is 4.59. The lowest BCUT2D eigenvalue weighted by atomic mass is 9.85. The smallest absolute Gasteiger partial charge is 0.123 e. The van der Waals surface area contributed by atoms with Gasteiger partial charge in [-0.25, -0.2) is 0 Å². The average molecular weight is 416 g/mol. The molecule has 3 aromatic carbocycles. The maximum absolute atomic E-state index is 10.4. The van der Waals surface area contributed by atoms with E-state index in [0.717, 1.165) is 38.0 Å². The zero-order chi connectivity index (χ0) is 21.5. The van der Waals surface area contributed by atoms with Crippen molar-refractivity contribution >= 4 is 0 Å². The van der Waals surface area contributed by atoms with Crippen LogP contribution in [0.4, 0.5) is 0 Å². The van der Waals surface area contributed by atoms with Gasteiger partial charge in [0.2, 0.25) is 0 Å². The lowest BCUT2D eigenvalue weighted by Crippen LogP contribution is -2.38. The van der Waals surface area contributed by atoms with Gasteiger partial charge < -0.3 is 15.2 Å². The van der Waals surface area contributed by atoms with E-state index in [1.807, 2.05) is 37.3 Å². The van der Waals surface area contributed by atoms with E-state index in [0.29, 0.717) is 12.5 Å². The molecule has 0 fully saturated rings. The Kier molecular flexibility index (Phi) is 7.39. The van der Waals surface area contributed by atoms with Crippen LogP contribution in [0.15, 0.2) is 78.9 Å². The maximum atomic E-state index is 10.4. The molecule has 0 aliphatic heterocycles. The van der Waals surface area contributed by atoms with Crippen LogP contribution in [0.1, 0.15) is 47.9 Å². The van der Waals surface area contributed by atoms with Crippen LogP contribution < -0.4 is 10.1 Å². The molecule has 0 amide bonds. The average Bonchev–Trinajstić information content (AvgIpc) is 2.96. The monoisotopic (exact) mass is 415 g/mol. The van der Waals surface area contributed by atoms with E-state index in [-0.39, 0.29) is 6.10 Å². The summed E-state index contributed by atoms with van der Waals surface area (Å²) in [6, 6.07) is 27.5. The van der Waals surface area contributed by atoms with Crippen molar-refractivity contribution in [3.8, 4) is 5.75 Å². The van der Waals surface area contributed by atoms with Crippen LogP contribution in [0, 0.1) is 0 Å². The zero-order valence-electron chi connectivity index (χ0n) is 18.3. The number of aliphatic hydroxyl groups excluding tert-OH is 1. The Morgan fingerprint density at radius 2 is 1.45 bits per heavy atom. The standard InChI is InChI=1S/C28H33NO2/c1-21(31-24-12-3-2-4-13-24)28(30)20-29-19-9-16-27-25-14-7-5-10-22(25)17-18-23-11-6-8-15-26(23)27/h2-8,10-15,21,27-30H,9,16-20H2,1H3. The maximum Gasteiger partial charge on any atom is 0.123 e. The molecule has 0 saturated carbocycles. The quantitative estimate of drug-likeness (QED) is 0.477. The Balaban J connectivity index is 1.30. The van der Waals surface area contributed by atoms with Crippen molar-refractivity contribution in [1.82, 2.24) is 5.32 Å². The molecule has 3 aromatic rings. The molecule has 3 nitrogen and oxygen atoms in total. The van der Waals surface area contributed by atoms with E-state index < -0.39 is 6.10 Å². The molecule has 0 heterocycles. The normalized spacial score (nSPS) is 15.4. The van der Waals surface area contributed by atoms with Gasteiger partial charge in [-0.15, -0.1) is 0 Å². The van der Waals surface area contributed by atoms with Gasteiger partial charge in [-0.1, -0.05) is 66.7 Å². The van der Waals surface area contributed by atoms with Gasteiger partial charge in [-0.3, -0.25) is 0 Å². The van der Waals surface area contributed by atoms with Gasteiger partial charge in [0.15, 0.2) is 0 Å². The van der Waals surface area contributed by atoms with E-state index in [4.69, 9.17) is 4.74 Å². The van der Waals surface area contributed by atoms with Crippen molar-refractivity contribution in [1.29, 1.82) is 0 Å². The third-order valence-corrected chi connectivity index (χ3v) is 6.33. The minimum absolute atomic E-state index is 0.254. The van der Waals surface area contributed by atoms with Crippen LogP contribution in [0.3, 0.4) is 0 Å². The summed E-state index contributed by atoms with van der Waals surface area (Å²) in [5.41, 5.74) is 5.94. The van der Waals surface area contributed by atoms with Crippen LogP contribution in [0.2, 0.25) is 0 Å². The summed E-state index contributed by atoms with van der Waals surface area (Å²) in [5.74, 6) is 1.24. The highest BCUT2D eigenvalue weighted by Crippen LogP contribution is 2.37. The number of hydrogen-bond acceptors (Lipinski definition) is 3. The number of ether oxygens (including phenoxy) is 1. The van der Waals surface area contributed by atoms with Crippen LogP contribution in [0.5, 0.6) is 5.75 Å². The lowest BCUT2D eigenvalue weighted by Gasteiger charge is -2.22. The SMILES string of the molecule is CC(Oc1ccccc1)C(O)CNCCCC1c2ccccc2CCc2ccccc21. The second kappa shape index (κ2) is 10.6. The van der Waals surface area contributed by atoms with Gasteiger partial charge >= 0.3 is 0 Å². The van der Waals surface area contributed by atoms with Crippen LogP contribution >= 0.6 is 0 Å². The Bertz CT molecular complexity index is 908. The number of hydrogen-bond donors (Lipinski definition) is 2. The summed E-state index contributed by atoms with van der Waals surface area (Å²) in [4.78, 5) is 0. The molecule has 2 atom stereocenters.